The fourth-order valence-corrected chi connectivity index (χ4v) is 3.82. The van der Waals surface area contributed by atoms with Gasteiger partial charge >= 0.3 is 7.60 Å². The predicted octanol–water partition coefficient (Wildman–Crippen LogP) is 4.09. The predicted molar refractivity (Wildman–Crippen MR) is 105 cm³/mol. The lowest BCUT2D eigenvalue weighted by molar-refractivity contribution is 0.103. The number of aryl methyl sites for hydroxylation is 2. The van der Waals surface area contributed by atoms with Gasteiger partial charge in [0.2, 0.25) is 0 Å². The highest BCUT2D eigenvalue weighted by molar-refractivity contribution is 7.51. The van der Waals surface area contributed by atoms with Crippen LogP contribution in [0.2, 0.25) is 5.02 Å². The number of halogens is 1. The Bertz CT molecular complexity index is 1050. The Labute approximate surface area is 161 Å². The van der Waals surface area contributed by atoms with Crippen molar-refractivity contribution in [1.82, 2.24) is 4.98 Å². The van der Waals surface area contributed by atoms with Crippen LogP contribution < -0.4 is 4.74 Å². The Morgan fingerprint density at radius 1 is 1.19 bits per heavy atom. The van der Waals surface area contributed by atoms with E-state index in [1.165, 1.54) is 7.11 Å². The average molecular weight is 408 g/mol. The summed E-state index contributed by atoms with van der Waals surface area (Å²) in [5, 5.41) is 1.15. The van der Waals surface area contributed by atoms with Crippen LogP contribution in [0.15, 0.2) is 36.4 Å². The Balaban J connectivity index is 2.21. The first-order valence-corrected chi connectivity index (χ1v) is 10.4. The van der Waals surface area contributed by atoms with Crippen molar-refractivity contribution in [3.8, 4) is 5.75 Å². The number of H-pyrrole nitrogens is 1. The summed E-state index contributed by atoms with van der Waals surface area (Å²) in [6, 6.07) is 10.0. The number of hydrogen-bond donors (Lipinski definition) is 3. The first-order valence-electron chi connectivity index (χ1n) is 8.24. The van der Waals surface area contributed by atoms with Crippen LogP contribution in [0, 0.1) is 6.92 Å². The zero-order valence-electron chi connectivity index (χ0n) is 14.8. The molecule has 0 aliphatic rings. The second kappa shape index (κ2) is 7.49. The van der Waals surface area contributed by atoms with E-state index in [-0.39, 0.29) is 18.4 Å². The summed E-state index contributed by atoms with van der Waals surface area (Å²) >= 11 is 5.91. The number of rotatable bonds is 6. The molecule has 3 aromatic rings. The van der Waals surface area contributed by atoms with Crippen molar-refractivity contribution in [2.24, 2.45) is 0 Å². The van der Waals surface area contributed by atoms with Crippen LogP contribution in [-0.2, 0) is 11.0 Å². The maximum atomic E-state index is 13.2. The van der Waals surface area contributed by atoms with Gasteiger partial charge < -0.3 is 19.5 Å². The van der Waals surface area contributed by atoms with Gasteiger partial charge in [0, 0.05) is 27.2 Å². The van der Waals surface area contributed by atoms with Gasteiger partial charge in [0.05, 0.1) is 18.8 Å². The van der Waals surface area contributed by atoms with Crippen molar-refractivity contribution in [1.29, 1.82) is 0 Å². The molecule has 0 saturated heterocycles. The molecule has 2 aromatic carbocycles. The highest BCUT2D eigenvalue weighted by Gasteiger charge is 2.24. The highest BCUT2D eigenvalue weighted by atomic mass is 35.5. The van der Waals surface area contributed by atoms with Crippen molar-refractivity contribution in [3.05, 3.63) is 63.8 Å². The van der Waals surface area contributed by atoms with Crippen molar-refractivity contribution < 1.29 is 23.9 Å². The molecular formula is C19H19ClNO5P. The summed E-state index contributed by atoms with van der Waals surface area (Å²) in [5.74, 6) is 0.157. The van der Waals surface area contributed by atoms with Gasteiger partial charge in [-0.05, 0) is 55.3 Å². The van der Waals surface area contributed by atoms with Crippen molar-refractivity contribution in [3.63, 3.8) is 0 Å². The molecule has 3 N–H and O–H groups in total. The van der Waals surface area contributed by atoms with Gasteiger partial charge in [0.15, 0.2) is 5.78 Å². The number of fused-ring (bicyclic) bond motifs is 1. The molecule has 0 amide bonds. The molecule has 0 bridgehead atoms. The molecule has 0 aliphatic carbocycles. The number of benzene rings is 2. The van der Waals surface area contributed by atoms with Crippen LogP contribution in [0.3, 0.4) is 0 Å². The molecule has 0 spiro atoms. The molecule has 1 heterocycles. The van der Waals surface area contributed by atoms with Crippen LogP contribution in [0.5, 0.6) is 5.75 Å². The van der Waals surface area contributed by atoms with Gasteiger partial charge in [-0.1, -0.05) is 11.6 Å². The SMILES string of the molecule is COc1ccc2[nH]c(C)c(CCP(=O)(O)O)c2c1C(=O)c1ccc(Cl)cc1. The van der Waals surface area contributed by atoms with Crippen LogP contribution in [-0.4, -0.2) is 33.8 Å². The minimum absolute atomic E-state index is 0.143. The summed E-state index contributed by atoms with van der Waals surface area (Å²) in [6.45, 7) is 1.82. The summed E-state index contributed by atoms with van der Waals surface area (Å²) in [5.41, 5.74) is 2.99. The van der Waals surface area contributed by atoms with Gasteiger partial charge in [0.1, 0.15) is 5.75 Å². The summed E-state index contributed by atoms with van der Waals surface area (Å²) in [7, 11) is -2.69. The second-order valence-corrected chi connectivity index (χ2v) is 8.48. The molecule has 1 aromatic heterocycles. The maximum Gasteiger partial charge on any atom is 0.325 e. The lowest BCUT2D eigenvalue weighted by Crippen LogP contribution is -2.06. The molecule has 0 fully saturated rings. The molecule has 142 valence electrons. The van der Waals surface area contributed by atoms with E-state index < -0.39 is 7.60 Å². The molecule has 3 rings (SSSR count). The molecule has 0 unspecified atom stereocenters. The minimum atomic E-state index is -4.17. The van der Waals surface area contributed by atoms with E-state index in [4.69, 9.17) is 16.3 Å². The molecule has 0 aliphatic heterocycles. The normalized spacial score (nSPS) is 11.7. The molecular weight excluding hydrogens is 389 g/mol. The average Bonchev–Trinajstić information content (AvgIpc) is 2.93. The van der Waals surface area contributed by atoms with E-state index in [0.717, 1.165) is 5.69 Å². The number of aromatic amines is 1. The Morgan fingerprint density at radius 2 is 1.85 bits per heavy atom. The fraction of sp³-hybridized carbons (Fsp3) is 0.211. The van der Waals surface area contributed by atoms with Gasteiger partial charge in [0.25, 0.3) is 0 Å². The number of nitrogens with one attached hydrogen (secondary N) is 1. The smallest absolute Gasteiger partial charge is 0.325 e. The van der Waals surface area contributed by atoms with Crippen LogP contribution in [0.25, 0.3) is 10.9 Å². The van der Waals surface area contributed by atoms with E-state index in [0.29, 0.717) is 38.4 Å². The van der Waals surface area contributed by atoms with Gasteiger partial charge in [-0.25, -0.2) is 0 Å². The van der Waals surface area contributed by atoms with Gasteiger partial charge in [-0.3, -0.25) is 9.36 Å². The Morgan fingerprint density at radius 3 is 2.44 bits per heavy atom. The van der Waals surface area contributed by atoms with E-state index in [9.17, 15) is 19.1 Å². The van der Waals surface area contributed by atoms with E-state index in [2.05, 4.69) is 4.98 Å². The molecule has 0 radical (unpaired) electrons. The summed E-state index contributed by atoms with van der Waals surface area (Å²) < 4.78 is 16.8. The van der Waals surface area contributed by atoms with Gasteiger partial charge in [-0.15, -0.1) is 0 Å². The van der Waals surface area contributed by atoms with Crippen molar-refractivity contribution in [2.45, 2.75) is 13.3 Å². The first kappa shape index (κ1) is 19.6. The number of methoxy groups -OCH3 is 1. The number of ether oxygens (including phenoxy) is 1. The lowest BCUT2D eigenvalue weighted by Gasteiger charge is -2.12. The van der Waals surface area contributed by atoms with Crippen LogP contribution in [0.4, 0.5) is 0 Å². The standard InChI is InChI=1S/C19H19ClNO5P/c1-11-14(9-10-27(23,24)25)17-15(21-11)7-8-16(26-2)18(17)19(22)12-3-5-13(20)6-4-12/h3-8,21H,9-10H2,1-2H3,(H2,23,24,25). The summed E-state index contributed by atoms with van der Waals surface area (Å²) in [6.07, 6.45) is -0.156. The minimum Gasteiger partial charge on any atom is -0.496 e. The third-order valence-corrected chi connectivity index (χ3v) is 5.51. The summed E-state index contributed by atoms with van der Waals surface area (Å²) in [4.78, 5) is 34.9. The first-order chi connectivity index (χ1) is 12.7. The number of carbonyl (C=O) groups is 1. The molecule has 27 heavy (non-hydrogen) atoms. The quantitative estimate of drug-likeness (QED) is 0.422. The van der Waals surface area contributed by atoms with E-state index in [1.54, 1.807) is 36.4 Å². The number of hydrogen-bond acceptors (Lipinski definition) is 3. The topological polar surface area (TPSA) is 99.6 Å². The zero-order valence-corrected chi connectivity index (χ0v) is 16.5. The molecule has 0 saturated carbocycles. The molecule has 8 heteroatoms. The monoisotopic (exact) mass is 407 g/mol. The van der Waals surface area contributed by atoms with E-state index >= 15 is 0 Å². The third kappa shape index (κ3) is 4.09. The third-order valence-electron chi connectivity index (χ3n) is 4.45. The Kier molecular flexibility index (Phi) is 5.45. The van der Waals surface area contributed by atoms with Crippen LogP contribution in [0.1, 0.15) is 27.2 Å². The second-order valence-electron chi connectivity index (χ2n) is 6.27. The number of carbonyl (C=O) groups excluding carboxylic acids is 1. The lowest BCUT2D eigenvalue weighted by atomic mass is 9.95. The van der Waals surface area contributed by atoms with E-state index in [1.807, 2.05) is 6.92 Å². The van der Waals surface area contributed by atoms with Gasteiger partial charge in [-0.2, -0.15) is 0 Å². The molecule has 0 atom stereocenters. The number of ketones is 1. The molecule has 6 nitrogen and oxygen atoms in total. The fourth-order valence-electron chi connectivity index (χ4n) is 3.18. The van der Waals surface area contributed by atoms with Crippen LogP contribution >= 0.6 is 19.2 Å². The maximum absolute atomic E-state index is 13.2. The van der Waals surface area contributed by atoms with Crippen molar-refractivity contribution >= 4 is 35.9 Å². The Hall–Kier alpha value is -2.11. The zero-order chi connectivity index (χ0) is 19.8. The number of aromatic nitrogens is 1. The van der Waals surface area contributed by atoms with Crippen molar-refractivity contribution in [2.75, 3.05) is 13.3 Å². The highest BCUT2D eigenvalue weighted by Crippen LogP contribution is 2.39. The largest absolute Gasteiger partial charge is 0.496 e.